The maximum absolute atomic E-state index is 13.2. The van der Waals surface area contributed by atoms with Gasteiger partial charge in [0, 0.05) is 6.54 Å². The molecule has 0 aliphatic carbocycles. The summed E-state index contributed by atoms with van der Waals surface area (Å²) in [5, 5.41) is 15.3. The van der Waals surface area contributed by atoms with Gasteiger partial charge in [0.1, 0.15) is 5.82 Å². The molecule has 1 aliphatic heterocycles. The number of hydroxylamine groups is 2. The third kappa shape index (κ3) is 4.79. The Bertz CT molecular complexity index is 1020. The summed E-state index contributed by atoms with van der Waals surface area (Å²) in [6.45, 7) is 2.52. The van der Waals surface area contributed by atoms with Crippen LogP contribution in [0, 0.1) is 5.92 Å². The van der Waals surface area contributed by atoms with Crippen molar-refractivity contribution >= 4 is 33.4 Å². The van der Waals surface area contributed by atoms with E-state index in [2.05, 4.69) is 9.97 Å². The average Bonchev–Trinajstić information content (AvgIpc) is 3.35. The topological polar surface area (TPSA) is 150 Å². The maximum Gasteiger partial charge on any atom is 0.238 e. The van der Waals surface area contributed by atoms with Gasteiger partial charge in [-0.3, -0.25) is 14.8 Å². The lowest BCUT2D eigenvalue weighted by Gasteiger charge is -2.29. The monoisotopic (exact) mass is 437 g/mol. The number of nitrogens with zero attached hydrogens (tertiary/aromatic N) is 3. The number of sulfonamides is 1. The van der Waals surface area contributed by atoms with Crippen molar-refractivity contribution in [3.8, 4) is 0 Å². The Labute approximate surface area is 175 Å². The molecule has 1 saturated heterocycles. The van der Waals surface area contributed by atoms with Gasteiger partial charge in [0.2, 0.25) is 22.3 Å². The summed E-state index contributed by atoms with van der Waals surface area (Å²) in [5.41, 5.74) is 1.11. The number of nitrogens with two attached hydrogens (primary N) is 1. The number of carbonyl (C=O) groups is 2. The molecule has 1 fully saturated rings. The van der Waals surface area contributed by atoms with Crippen molar-refractivity contribution in [3.63, 3.8) is 0 Å². The first-order chi connectivity index (χ1) is 14.2. The number of amides is 2. The fourth-order valence-corrected chi connectivity index (χ4v) is 4.44. The van der Waals surface area contributed by atoms with Crippen LogP contribution in [-0.4, -0.2) is 59.0 Å². The zero-order chi connectivity index (χ0) is 21.9. The van der Waals surface area contributed by atoms with Gasteiger partial charge in [-0.15, -0.1) is 0 Å². The van der Waals surface area contributed by atoms with Crippen LogP contribution >= 0.6 is 0 Å². The lowest BCUT2D eigenvalue weighted by Crippen LogP contribution is -2.40. The predicted molar refractivity (Wildman–Crippen MR) is 109 cm³/mol. The summed E-state index contributed by atoms with van der Waals surface area (Å²) in [7, 11) is -3.84. The van der Waals surface area contributed by atoms with Crippen LogP contribution in [0.2, 0.25) is 0 Å². The number of aromatic amines is 1. The molecule has 1 aromatic carbocycles. The maximum atomic E-state index is 13.2. The summed E-state index contributed by atoms with van der Waals surface area (Å²) in [5.74, 6) is -0.0513. The van der Waals surface area contributed by atoms with E-state index in [9.17, 15) is 23.2 Å². The molecule has 2 atom stereocenters. The molecule has 2 aromatic rings. The third-order valence-electron chi connectivity index (χ3n) is 5.44. The molecule has 2 heterocycles. The Balaban J connectivity index is 1.86. The first kappa shape index (κ1) is 22.2. The zero-order valence-electron chi connectivity index (χ0n) is 16.8. The molecule has 0 bridgehead atoms. The van der Waals surface area contributed by atoms with Crippen LogP contribution < -0.4 is 5.14 Å². The van der Waals surface area contributed by atoms with Gasteiger partial charge in [-0.1, -0.05) is 19.8 Å². The first-order valence-corrected chi connectivity index (χ1v) is 11.5. The number of benzene rings is 1. The largest absolute Gasteiger partial charge is 0.340 e. The van der Waals surface area contributed by atoms with Crippen molar-refractivity contribution < 1.29 is 23.2 Å². The van der Waals surface area contributed by atoms with E-state index in [-0.39, 0.29) is 23.4 Å². The Morgan fingerprint density at radius 2 is 2.27 bits per heavy atom. The molecule has 11 heteroatoms. The second-order valence-electron chi connectivity index (χ2n) is 7.60. The number of fused-ring (bicyclic) bond motifs is 1. The number of likely N-dealkylation sites (tertiary alicyclic amines) is 1. The van der Waals surface area contributed by atoms with Gasteiger partial charge in [0.15, 0.2) is 0 Å². The van der Waals surface area contributed by atoms with E-state index in [0.717, 1.165) is 19.3 Å². The minimum atomic E-state index is -3.84. The Morgan fingerprint density at radius 3 is 2.93 bits per heavy atom. The van der Waals surface area contributed by atoms with Gasteiger partial charge in [-0.25, -0.2) is 23.6 Å². The number of imidazole rings is 1. The molecule has 0 radical (unpaired) electrons. The van der Waals surface area contributed by atoms with Crippen LogP contribution in [0.3, 0.4) is 0 Å². The molecule has 164 valence electrons. The van der Waals surface area contributed by atoms with Crippen molar-refractivity contribution in [3.05, 3.63) is 24.0 Å². The molecular weight excluding hydrogens is 410 g/mol. The lowest BCUT2D eigenvalue weighted by atomic mass is 9.99. The minimum Gasteiger partial charge on any atom is -0.340 e. The Hall–Kier alpha value is -2.50. The van der Waals surface area contributed by atoms with E-state index in [1.807, 2.05) is 6.92 Å². The third-order valence-corrected chi connectivity index (χ3v) is 6.35. The normalized spacial score (nSPS) is 18.0. The van der Waals surface area contributed by atoms with E-state index in [1.54, 1.807) is 11.0 Å². The van der Waals surface area contributed by atoms with Gasteiger partial charge in [0.05, 0.1) is 34.4 Å². The van der Waals surface area contributed by atoms with E-state index < -0.39 is 15.9 Å². The van der Waals surface area contributed by atoms with Gasteiger partial charge < -0.3 is 9.88 Å². The van der Waals surface area contributed by atoms with E-state index >= 15 is 0 Å². The highest BCUT2D eigenvalue weighted by Gasteiger charge is 2.36. The standard InChI is InChI=1S/C19H27N5O5S/c1-2-3-5-13(11-23(27)12-25)19(26)24-9-4-6-17(24)18-21-15-8-7-14(30(20,28)29)10-16(15)22-18/h7-8,10,12-13,17,27H,2-6,9,11H2,1H3,(H,21,22)(H2,20,28,29)/t13-,17+/m1/s1. The van der Waals surface area contributed by atoms with Crippen molar-refractivity contribution in [1.29, 1.82) is 0 Å². The van der Waals surface area contributed by atoms with Crippen LogP contribution in [0.15, 0.2) is 23.1 Å². The highest BCUT2D eigenvalue weighted by atomic mass is 32.2. The highest BCUT2D eigenvalue weighted by molar-refractivity contribution is 7.89. The number of nitrogens with one attached hydrogen (secondary N) is 1. The number of aromatic nitrogens is 2. The molecule has 0 spiro atoms. The SMILES string of the molecule is CCCC[C@H](CN(O)C=O)C(=O)N1CCC[C@H]1c1nc2cc(S(N)(=O)=O)ccc2[nH]1. The number of primary sulfonamides is 1. The van der Waals surface area contributed by atoms with Crippen LogP contribution in [0.25, 0.3) is 11.0 Å². The predicted octanol–water partition coefficient (Wildman–Crippen LogP) is 1.53. The summed E-state index contributed by atoms with van der Waals surface area (Å²) >= 11 is 0. The van der Waals surface area contributed by atoms with Crippen molar-refractivity contribution in [2.75, 3.05) is 13.1 Å². The Kier molecular flexibility index (Phi) is 6.74. The quantitative estimate of drug-likeness (QED) is 0.308. The molecule has 1 aliphatic rings. The van der Waals surface area contributed by atoms with E-state index in [0.29, 0.717) is 47.7 Å². The molecule has 1 aromatic heterocycles. The summed E-state index contributed by atoms with van der Waals surface area (Å²) in [4.78, 5) is 33.5. The second kappa shape index (κ2) is 9.11. The van der Waals surface area contributed by atoms with Crippen molar-refractivity contribution in [2.45, 2.75) is 50.0 Å². The van der Waals surface area contributed by atoms with Crippen LogP contribution in [0.4, 0.5) is 0 Å². The lowest BCUT2D eigenvalue weighted by molar-refractivity contribution is -0.157. The second-order valence-corrected chi connectivity index (χ2v) is 9.16. The van der Waals surface area contributed by atoms with Crippen molar-refractivity contribution in [2.24, 2.45) is 11.1 Å². The van der Waals surface area contributed by atoms with Crippen LogP contribution in [0.1, 0.15) is 50.9 Å². The molecule has 2 amide bonds. The Morgan fingerprint density at radius 1 is 1.50 bits per heavy atom. The van der Waals surface area contributed by atoms with Gasteiger partial charge in [-0.05, 0) is 37.5 Å². The molecule has 3 rings (SSSR count). The number of H-pyrrole nitrogens is 1. The van der Waals surface area contributed by atoms with Crippen LogP contribution in [-0.2, 0) is 19.6 Å². The molecule has 4 N–H and O–H groups in total. The van der Waals surface area contributed by atoms with E-state index in [1.165, 1.54) is 12.1 Å². The zero-order valence-corrected chi connectivity index (χ0v) is 17.6. The molecule has 10 nitrogen and oxygen atoms in total. The van der Waals surface area contributed by atoms with Gasteiger partial charge in [0.25, 0.3) is 0 Å². The molecule has 0 saturated carbocycles. The highest BCUT2D eigenvalue weighted by Crippen LogP contribution is 2.33. The van der Waals surface area contributed by atoms with Gasteiger partial charge >= 0.3 is 0 Å². The first-order valence-electron chi connectivity index (χ1n) is 9.98. The number of hydrogen-bond acceptors (Lipinski definition) is 6. The summed E-state index contributed by atoms with van der Waals surface area (Å²) < 4.78 is 23.2. The number of hydrogen-bond donors (Lipinski definition) is 3. The molecule has 0 unspecified atom stereocenters. The summed E-state index contributed by atoms with van der Waals surface area (Å²) in [6.07, 6.45) is 4.09. The fraction of sp³-hybridized carbons (Fsp3) is 0.526. The van der Waals surface area contributed by atoms with E-state index in [4.69, 9.17) is 5.14 Å². The average molecular weight is 438 g/mol. The smallest absolute Gasteiger partial charge is 0.238 e. The molecular formula is C19H27N5O5S. The summed E-state index contributed by atoms with van der Waals surface area (Å²) in [6, 6.07) is 4.14. The minimum absolute atomic E-state index is 0.0241. The number of unbranched alkanes of at least 4 members (excludes halogenated alkanes) is 1. The number of rotatable bonds is 9. The fourth-order valence-electron chi connectivity index (χ4n) is 3.90. The van der Waals surface area contributed by atoms with Crippen molar-refractivity contribution in [1.82, 2.24) is 19.9 Å². The molecule has 30 heavy (non-hydrogen) atoms. The van der Waals surface area contributed by atoms with Gasteiger partial charge in [-0.2, -0.15) is 0 Å². The van der Waals surface area contributed by atoms with Crippen LogP contribution in [0.5, 0.6) is 0 Å². The number of carbonyl (C=O) groups excluding carboxylic acids is 2.